The van der Waals surface area contributed by atoms with Crippen molar-refractivity contribution in [3.63, 3.8) is 0 Å². The van der Waals surface area contributed by atoms with Crippen molar-refractivity contribution in [2.24, 2.45) is 4.99 Å². The maximum Gasteiger partial charge on any atom is 0.191 e. The second-order valence-electron chi connectivity index (χ2n) is 7.38. The molecule has 2 heterocycles. The Bertz CT molecular complexity index is 562. The van der Waals surface area contributed by atoms with Gasteiger partial charge in [0.15, 0.2) is 5.96 Å². The van der Waals surface area contributed by atoms with Gasteiger partial charge >= 0.3 is 0 Å². The average molecular weight is 374 g/mol. The molecular formula is C21H35N5O. The van der Waals surface area contributed by atoms with Crippen LogP contribution < -0.4 is 10.6 Å². The molecule has 0 radical (unpaired) electrons. The average Bonchev–Trinajstić information content (AvgIpc) is 3.21. The number of benzene rings is 1. The SMILES string of the molecule is CCNC(=NCc1ccc(CN2CCCC2)cc1)NCCN1CCOCC1. The van der Waals surface area contributed by atoms with Gasteiger partial charge in [0.2, 0.25) is 0 Å². The van der Waals surface area contributed by atoms with E-state index < -0.39 is 0 Å². The zero-order valence-corrected chi connectivity index (χ0v) is 16.8. The predicted molar refractivity (Wildman–Crippen MR) is 111 cm³/mol. The third kappa shape index (κ3) is 7.13. The molecule has 2 aliphatic rings. The summed E-state index contributed by atoms with van der Waals surface area (Å²) in [5.41, 5.74) is 2.66. The number of guanidine groups is 1. The van der Waals surface area contributed by atoms with E-state index in [-0.39, 0.29) is 0 Å². The number of ether oxygens (including phenoxy) is 1. The van der Waals surface area contributed by atoms with Gasteiger partial charge in [-0.3, -0.25) is 9.80 Å². The zero-order chi connectivity index (χ0) is 18.7. The first-order valence-electron chi connectivity index (χ1n) is 10.5. The normalized spacial score (nSPS) is 19.4. The molecule has 0 unspecified atom stereocenters. The summed E-state index contributed by atoms with van der Waals surface area (Å²) in [5.74, 6) is 0.895. The van der Waals surface area contributed by atoms with Crippen LogP contribution in [0, 0.1) is 0 Å². The molecule has 2 aliphatic heterocycles. The largest absolute Gasteiger partial charge is 0.379 e. The monoisotopic (exact) mass is 373 g/mol. The van der Waals surface area contributed by atoms with Gasteiger partial charge in [0, 0.05) is 39.3 Å². The van der Waals surface area contributed by atoms with E-state index in [9.17, 15) is 0 Å². The fourth-order valence-electron chi connectivity index (χ4n) is 3.62. The molecule has 1 aromatic carbocycles. The third-order valence-corrected chi connectivity index (χ3v) is 5.22. The number of hydrogen-bond acceptors (Lipinski definition) is 4. The standard InChI is InChI=1S/C21H35N5O/c1-2-22-21(23-9-12-25-13-15-27-16-14-25)24-17-19-5-7-20(8-6-19)18-26-10-3-4-11-26/h5-8H,2-4,9-18H2,1H3,(H2,22,23,24). The molecule has 2 fully saturated rings. The lowest BCUT2D eigenvalue weighted by molar-refractivity contribution is 0.0389. The number of likely N-dealkylation sites (tertiary alicyclic amines) is 1. The minimum absolute atomic E-state index is 0.705. The van der Waals surface area contributed by atoms with Crippen LogP contribution in [0.3, 0.4) is 0 Å². The van der Waals surface area contributed by atoms with Crippen LogP contribution in [0.25, 0.3) is 0 Å². The number of nitrogens with zero attached hydrogens (tertiary/aromatic N) is 3. The maximum absolute atomic E-state index is 5.40. The van der Waals surface area contributed by atoms with Crippen molar-refractivity contribution < 1.29 is 4.74 Å². The number of aliphatic imine (C=N–C) groups is 1. The van der Waals surface area contributed by atoms with Crippen molar-refractivity contribution in [3.05, 3.63) is 35.4 Å². The van der Waals surface area contributed by atoms with E-state index in [1.54, 1.807) is 0 Å². The van der Waals surface area contributed by atoms with Gasteiger partial charge in [0.05, 0.1) is 19.8 Å². The molecule has 0 aliphatic carbocycles. The highest BCUT2D eigenvalue weighted by atomic mass is 16.5. The van der Waals surface area contributed by atoms with E-state index in [1.165, 1.54) is 37.1 Å². The van der Waals surface area contributed by atoms with Gasteiger partial charge in [-0.05, 0) is 44.0 Å². The van der Waals surface area contributed by atoms with Gasteiger partial charge in [-0.15, -0.1) is 0 Å². The summed E-state index contributed by atoms with van der Waals surface area (Å²) in [5, 5.41) is 6.79. The summed E-state index contributed by atoms with van der Waals surface area (Å²) < 4.78 is 5.40. The molecule has 0 atom stereocenters. The number of rotatable bonds is 8. The van der Waals surface area contributed by atoms with Gasteiger partial charge in [0.1, 0.15) is 0 Å². The Morgan fingerprint density at radius 1 is 0.963 bits per heavy atom. The molecule has 150 valence electrons. The van der Waals surface area contributed by atoms with E-state index in [0.717, 1.165) is 58.4 Å². The van der Waals surface area contributed by atoms with Gasteiger partial charge in [-0.1, -0.05) is 24.3 Å². The van der Waals surface area contributed by atoms with Gasteiger partial charge in [-0.25, -0.2) is 4.99 Å². The minimum Gasteiger partial charge on any atom is -0.379 e. The van der Waals surface area contributed by atoms with Crippen LogP contribution >= 0.6 is 0 Å². The van der Waals surface area contributed by atoms with Crippen LogP contribution in [0.1, 0.15) is 30.9 Å². The Hall–Kier alpha value is -1.63. The summed E-state index contributed by atoms with van der Waals surface area (Å²) >= 11 is 0. The zero-order valence-electron chi connectivity index (χ0n) is 16.8. The third-order valence-electron chi connectivity index (χ3n) is 5.22. The first-order chi connectivity index (χ1) is 13.3. The highest BCUT2D eigenvalue weighted by Gasteiger charge is 2.11. The van der Waals surface area contributed by atoms with Gasteiger partial charge in [0.25, 0.3) is 0 Å². The van der Waals surface area contributed by atoms with Gasteiger partial charge in [-0.2, -0.15) is 0 Å². The molecule has 1 aromatic rings. The van der Waals surface area contributed by atoms with E-state index in [0.29, 0.717) is 6.54 Å². The van der Waals surface area contributed by atoms with Crippen molar-refractivity contribution in [3.8, 4) is 0 Å². The van der Waals surface area contributed by atoms with Crippen molar-refractivity contribution >= 4 is 5.96 Å². The predicted octanol–water partition coefficient (Wildman–Crippen LogP) is 1.67. The molecule has 0 bridgehead atoms. The second-order valence-corrected chi connectivity index (χ2v) is 7.38. The first-order valence-corrected chi connectivity index (χ1v) is 10.5. The maximum atomic E-state index is 5.40. The van der Waals surface area contributed by atoms with Crippen LogP contribution in [-0.2, 0) is 17.8 Å². The Labute approximate surface area is 164 Å². The van der Waals surface area contributed by atoms with Crippen molar-refractivity contribution in [2.45, 2.75) is 32.9 Å². The van der Waals surface area contributed by atoms with E-state index in [1.807, 2.05) is 0 Å². The highest BCUT2D eigenvalue weighted by molar-refractivity contribution is 5.79. The second kappa shape index (κ2) is 11.3. The molecule has 0 amide bonds. The summed E-state index contributed by atoms with van der Waals surface area (Å²) in [6.07, 6.45) is 2.69. The Balaban J connectivity index is 1.43. The van der Waals surface area contributed by atoms with E-state index >= 15 is 0 Å². The van der Waals surface area contributed by atoms with Crippen LogP contribution in [0.15, 0.2) is 29.3 Å². The fourth-order valence-corrected chi connectivity index (χ4v) is 3.62. The topological polar surface area (TPSA) is 52.1 Å². The van der Waals surface area contributed by atoms with Crippen LogP contribution in [-0.4, -0.2) is 74.8 Å². The van der Waals surface area contributed by atoms with Gasteiger partial charge < -0.3 is 15.4 Å². The molecule has 27 heavy (non-hydrogen) atoms. The van der Waals surface area contributed by atoms with Crippen LogP contribution in [0.4, 0.5) is 0 Å². The van der Waals surface area contributed by atoms with Crippen molar-refractivity contribution in [1.82, 2.24) is 20.4 Å². The molecule has 3 rings (SSSR count). The summed E-state index contributed by atoms with van der Waals surface area (Å²) in [4.78, 5) is 9.71. The number of hydrogen-bond donors (Lipinski definition) is 2. The van der Waals surface area contributed by atoms with Crippen LogP contribution in [0.5, 0.6) is 0 Å². The molecule has 2 N–H and O–H groups in total. The summed E-state index contributed by atoms with van der Waals surface area (Å²) in [6, 6.07) is 8.93. The van der Waals surface area contributed by atoms with Crippen LogP contribution in [0.2, 0.25) is 0 Å². The first kappa shape index (κ1) is 20.1. The lowest BCUT2D eigenvalue weighted by atomic mass is 10.1. The smallest absolute Gasteiger partial charge is 0.191 e. The molecule has 2 saturated heterocycles. The molecule has 0 spiro atoms. The van der Waals surface area contributed by atoms with Crippen molar-refractivity contribution in [1.29, 1.82) is 0 Å². The lowest BCUT2D eigenvalue weighted by Crippen LogP contribution is -2.44. The number of nitrogens with one attached hydrogen (secondary N) is 2. The molecule has 0 saturated carbocycles. The molecular weight excluding hydrogens is 338 g/mol. The molecule has 0 aromatic heterocycles. The molecule has 6 nitrogen and oxygen atoms in total. The van der Waals surface area contributed by atoms with E-state index in [2.05, 4.69) is 51.6 Å². The number of morpholine rings is 1. The van der Waals surface area contributed by atoms with Crippen molar-refractivity contribution in [2.75, 3.05) is 59.0 Å². The Morgan fingerprint density at radius 2 is 1.67 bits per heavy atom. The highest BCUT2D eigenvalue weighted by Crippen LogP contribution is 2.13. The lowest BCUT2D eigenvalue weighted by Gasteiger charge is -2.26. The summed E-state index contributed by atoms with van der Waals surface area (Å²) in [6.45, 7) is 12.9. The fraction of sp³-hybridized carbons (Fsp3) is 0.667. The molecule has 6 heteroatoms. The van der Waals surface area contributed by atoms with E-state index in [4.69, 9.17) is 9.73 Å². The Kier molecular flexibility index (Phi) is 8.39. The quantitative estimate of drug-likeness (QED) is 0.536. The summed E-state index contributed by atoms with van der Waals surface area (Å²) in [7, 11) is 0. The minimum atomic E-state index is 0.705. The Morgan fingerprint density at radius 3 is 2.37 bits per heavy atom.